The van der Waals surface area contributed by atoms with E-state index in [4.69, 9.17) is 9.47 Å². The molecule has 2 aromatic rings. The Kier molecular flexibility index (Phi) is 6.06. The van der Waals surface area contributed by atoms with E-state index in [9.17, 15) is 14.9 Å². The summed E-state index contributed by atoms with van der Waals surface area (Å²) >= 11 is 0. The van der Waals surface area contributed by atoms with Gasteiger partial charge in [0, 0.05) is 17.7 Å². The van der Waals surface area contributed by atoms with Crippen LogP contribution in [0.2, 0.25) is 0 Å². The van der Waals surface area contributed by atoms with Crippen molar-refractivity contribution in [1.29, 1.82) is 0 Å². The third-order valence-corrected chi connectivity index (χ3v) is 3.31. The maximum Gasteiger partial charge on any atom is 0.270 e. The average Bonchev–Trinajstić information content (AvgIpc) is 2.64. The third-order valence-electron chi connectivity index (χ3n) is 3.31. The minimum absolute atomic E-state index is 0.121. The number of nitrogens with zero attached hydrogens (tertiary/aromatic N) is 1. The number of carbonyl (C=O) groups is 1. The number of hydrogen-bond donors (Lipinski definition) is 0. The van der Waals surface area contributed by atoms with Crippen molar-refractivity contribution in [2.45, 2.75) is 0 Å². The highest BCUT2D eigenvalue weighted by Crippen LogP contribution is 2.28. The second kappa shape index (κ2) is 8.44. The first-order valence-corrected chi connectivity index (χ1v) is 7.43. The fourth-order valence-corrected chi connectivity index (χ4v) is 2.10. The topological polar surface area (TPSA) is 78.7 Å². The number of benzene rings is 2. The molecule has 0 aliphatic carbocycles. The van der Waals surface area contributed by atoms with Crippen LogP contribution in [0.25, 0.3) is 6.08 Å². The molecule has 0 unspecified atom stereocenters. The predicted octanol–water partition coefficient (Wildman–Crippen LogP) is 4.06. The molecule has 0 saturated carbocycles. The van der Waals surface area contributed by atoms with E-state index in [1.807, 2.05) is 0 Å². The molecule has 2 aromatic carbocycles. The zero-order valence-electron chi connectivity index (χ0n) is 13.7. The van der Waals surface area contributed by atoms with Crippen molar-refractivity contribution in [3.8, 4) is 11.5 Å². The predicted molar refractivity (Wildman–Crippen MR) is 95.1 cm³/mol. The Morgan fingerprint density at radius 3 is 2.72 bits per heavy atom. The molecule has 0 saturated heterocycles. The lowest BCUT2D eigenvalue weighted by atomic mass is 10.1. The highest BCUT2D eigenvalue weighted by molar-refractivity contribution is 6.07. The molecular formula is C19H17NO5. The zero-order chi connectivity index (χ0) is 18.2. The highest BCUT2D eigenvalue weighted by Gasteiger charge is 2.09. The lowest BCUT2D eigenvalue weighted by molar-refractivity contribution is -0.384. The standard InChI is InChI=1S/C19H17NO5/c1-3-11-25-18-10-8-14(12-19(18)24-2)7-9-17(21)15-5-4-6-16(13-15)20(22)23/h3-10,12-13H,1,11H2,2H3/b9-7+. The van der Waals surface area contributed by atoms with Crippen molar-refractivity contribution in [2.75, 3.05) is 13.7 Å². The van der Waals surface area contributed by atoms with Crippen molar-refractivity contribution < 1.29 is 19.2 Å². The zero-order valence-corrected chi connectivity index (χ0v) is 13.7. The second-order valence-corrected chi connectivity index (χ2v) is 5.01. The summed E-state index contributed by atoms with van der Waals surface area (Å²) in [6, 6.07) is 10.8. The summed E-state index contributed by atoms with van der Waals surface area (Å²) < 4.78 is 10.7. The number of rotatable bonds is 8. The van der Waals surface area contributed by atoms with E-state index in [-0.39, 0.29) is 17.0 Å². The van der Waals surface area contributed by atoms with Crippen molar-refractivity contribution in [2.24, 2.45) is 0 Å². The molecule has 0 atom stereocenters. The van der Waals surface area contributed by atoms with E-state index in [2.05, 4.69) is 6.58 Å². The van der Waals surface area contributed by atoms with Gasteiger partial charge in [-0.3, -0.25) is 14.9 Å². The smallest absolute Gasteiger partial charge is 0.270 e. The lowest BCUT2D eigenvalue weighted by Gasteiger charge is -2.09. The molecule has 0 N–H and O–H groups in total. The van der Waals surface area contributed by atoms with Crippen molar-refractivity contribution >= 4 is 17.5 Å². The maximum atomic E-state index is 12.2. The molecule has 25 heavy (non-hydrogen) atoms. The molecule has 6 nitrogen and oxygen atoms in total. The van der Waals surface area contributed by atoms with Gasteiger partial charge >= 0.3 is 0 Å². The van der Waals surface area contributed by atoms with Gasteiger partial charge in [0.05, 0.1) is 12.0 Å². The van der Waals surface area contributed by atoms with Gasteiger partial charge in [0.25, 0.3) is 5.69 Å². The van der Waals surface area contributed by atoms with Crippen LogP contribution < -0.4 is 9.47 Å². The van der Waals surface area contributed by atoms with E-state index in [0.717, 1.165) is 5.56 Å². The van der Waals surface area contributed by atoms with Gasteiger partial charge in [-0.1, -0.05) is 36.9 Å². The number of carbonyl (C=O) groups excluding carboxylic acids is 1. The number of hydrogen-bond acceptors (Lipinski definition) is 5. The van der Waals surface area contributed by atoms with Gasteiger partial charge in [0.1, 0.15) is 6.61 Å². The van der Waals surface area contributed by atoms with Crippen LogP contribution >= 0.6 is 0 Å². The summed E-state index contributed by atoms with van der Waals surface area (Å²) in [7, 11) is 1.53. The molecule has 0 bridgehead atoms. The number of allylic oxidation sites excluding steroid dienone is 1. The van der Waals surface area contributed by atoms with Gasteiger partial charge in [0.15, 0.2) is 17.3 Å². The first-order valence-electron chi connectivity index (χ1n) is 7.43. The second-order valence-electron chi connectivity index (χ2n) is 5.01. The Labute approximate surface area is 145 Å². The molecule has 0 aliphatic heterocycles. The van der Waals surface area contributed by atoms with Crippen molar-refractivity contribution in [3.05, 3.63) is 82.4 Å². The Bertz CT molecular complexity index is 826. The van der Waals surface area contributed by atoms with Crippen LogP contribution in [-0.4, -0.2) is 24.4 Å². The van der Waals surface area contributed by atoms with Crippen LogP contribution in [0.4, 0.5) is 5.69 Å². The molecule has 0 radical (unpaired) electrons. The summed E-state index contributed by atoms with van der Waals surface area (Å²) in [4.78, 5) is 22.4. The van der Waals surface area contributed by atoms with Crippen LogP contribution in [0, 0.1) is 10.1 Å². The molecule has 0 aromatic heterocycles. The molecular weight excluding hydrogens is 322 g/mol. The average molecular weight is 339 g/mol. The van der Waals surface area contributed by atoms with Crippen LogP contribution in [-0.2, 0) is 0 Å². The molecule has 0 spiro atoms. The number of nitro benzene ring substituents is 1. The van der Waals surface area contributed by atoms with E-state index in [1.165, 1.54) is 37.5 Å². The van der Waals surface area contributed by atoms with E-state index in [1.54, 1.807) is 30.4 Å². The summed E-state index contributed by atoms with van der Waals surface area (Å²) in [5, 5.41) is 10.8. The van der Waals surface area contributed by atoms with Crippen LogP contribution in [0.5, 0.6) is 11.5 Å². The molecule has 0 amide bonds. The molecule has 128 valence electrons. The largest absolute Gasteiger partial charge is 0.493 e. The van der Waals surface area contributed by atoms with E-state index in [0.29, 0.717) is 18.1 Å². The summed E-state index contributed by atoms with van der Waals surface area (Å²) in [6.07, 6.45) is 4.60. The minimum Gasteiger partial charge on any atom is -0.493 e. The third kappa shape index (κ3) is 4.78. The highest BCUT2D eigenvalue weighted by atomic mass is 16.6. The molecule has 0 fully saturated rings. The van der Waals surface area contributed by atoms with Crippen LogP contribution in [0.1, 0.15) is 15.9 Å². The van der Waals surface area contributed by atoms with Crippen LogP contribution in [0.15, 0.2) is 61.2 Å². The van der Waals surface area contributed by atoms with Gasteiger partial charge in [-0.15, -0.1) is 0 Å². The van der Waals surface area contributed by atoms with Gasteiger partial charge in [-0.05, 0) is 23.8 Å². The summed E-state index contributed by atoms with van der Waals surface area (Å²) in [6.45, 7) is 3.94. The fourth-order valence-electron chi connectivity index (χ4n) is 2.10. The Hall–Kier alpha value is -3.41. The number of ketones is 1. The number of methoxy groups -OCH3 is 1. The first kappa shape index (κ1) is 17.9. The normalized spacial score (nSPS) is 10.4. The summed E-state index contributed by atoms with van der Waals surface area (Å²) in [5.74, 6) is 0.783. The monoisotopic (exact) mass is 339 g/mol. The lowest BCUT2D eigenvalue weighted by Crippen LogP contribution is -1.97. The molecule has 6 heteroatoms. The number of nitro groups is 1. The minimum atomic E-state index is -0.534. The SMILES string of the molecule is C=CCOc1ccc(/C=C/C(=O)c2cccc([N+](=O)[O-])c2)cc1OC. The van der Waals surface area contributed by atoms with Gasteiger partial charge in [0.2, 0.25) is 0 Å². The van der Waals surface area contributed by atoms with E-state index >= 15 is 0 Å². The van der Waals surface area contributed by atoms with Gasteiger partial charge < -0.3 is 9.47 Å². The number of ether oxygens (including phenoxy) is 2. The summed E-state index contributed by atoms with van der Waals surface area (Å²) in [5.41, 5.74) is 0.870. The fraction of sp³-hybridized carbons (Fsp3) is 0.105. The van der Waals surface area contributed by atoms with Crippen LogP contribution in [0.3, 0.4) is 0 Å². The Morgan fingerprint density at radius 2 is 2.04 bits per heavy atom. The number of non-ortho nitro benzene ring substituents is 1. The van der Waals surface area contributed by atoms with Crippen molar-refractivity contribution in [1.82, 2.24) is 0 Å². The first-order chi connectivity index (χ1) is 12.0. The molecule has 0 aliphatic rings. The quantitative estimate of drug-likeness (QED) is 0.238. The maximum absolute atomic E-state index is 12.2. The molecule has 2 rings (SSSR count). The Balaban J connectivity index is 2.18. The van der Waals surface area contributed by atoms with Gasteiger partial charge in [-0.2, -0.15) is 0 Å². The molecule has 0 heterocycles. The van der Waals surface area contributed by atoms with E-state index < -0.39 is 4.92 Å². The Morgan fingerprint density at radius 1 is 1.24 bits per heavy atom. The van der Waals surface area contributed by atoms with Gasteiger partial charge in [-0.25, -0.2) is 0 Å². The van der Waals surface area contributed by atoms with Crippen molar-refractivity contribution in [3.63, 3.8) is 0 Å².